The molecular formula is C25H20BrF4NO3S2. The molecule has 0 saturated carbocycles. The molecule has 0 atom stereocenters. The Labute approximate surface area is 218 Å². The van der Waals surface area contributed by atoms with Crippen molar-refractivity contribution in [1.29, 1.82) is 0 Å². The Morgan fingerprint density at radius 1 is 1.00 bits per heavy atom. The van der Waals surface area contributed by atoms with Crippen LogP contribution in [0.15, 0.2) is 76.1 Å². The number of aliphatic hydroxyl groups is 1. The molecule has 0 bridgehead atoms. The SMILES string of the molecule is CC(C)(O)c1c(N(Cc2ccc(F)c(C(F)(F)F)c2)S(=O)(=O)c2ccc(Br)cc2)sc2ccccc12. The lowest BCUT2D eigenvalue weighted by molar-refractivity contribution is -0.140. The molecule has 1 aromatic heterocycles. The third-order valence-electron chi connectivity index (χ3n) is 5.48. The molecule has 1 N–H and O–H groups in total. The van der Waals surface area contributed by atoms with E-state index in [1.54, 1.807) is 24.3 Å². The second-order valence-corrected chi connectivity index (χ2v) is 12.4. The number of anilines is 1. The van der Waals surface area contributed by atoms with Crippen molar-refractivity contribution in [2.75, 3.05) is 4.31 Å². The first-order chi connectivity index (χ1) is 16.7. The van der Waals surface area contributed by atoms with Crippen molar-refractivity contribution >= 4 is 52.4 Å². The van der Waals surface area contributed by atoms with Crippen LogP contribution in [0.25, 0.3) is 10.1 Å². The molecule has 190 valence electrons. The van der Waals surface area contributed by atoms with Gasteiger partial charge in [0.25, 0.3) is 10.0 Å². The molecule has 0 radical (unpaired) electrons. The molecule has 0 aliphatic rings. The van der Waals surface area contributed by atoms with E-state index >= 15 is 0 Å². The molecular weight excluding hydrogens is 582 g/mol. The summed E-state index contributed by atoms with van der Waals surface area (Å²) in [6, 6.07) is 15.2. The quantitative estimate of drug-likeness (QED) is 0.234. The van der Waals surface area contributed by atoms with Crippen molar-refractivity contribution in [1.82, 2.24) is 0 Å². The Morgan fingerprint density at radius 2 is 1.64 bits per heavy atom. The van der Waals surface area contributed by atoms with Crippen LogP contribution in [0.3, 0.4) is 0 Å². The number of rotatable bonds is 6. The van der Waals surface area contributed by atoms with E-state index in [0.717, 1.165) is 21.7 Å². The van der Waals surface area contributed by atoms with Gasteiger partial charge in [-0.3, -0.25) is 4.31 Å². The van der Waals surface area contributed by atoms with Crippen molar-refractivity contribution in [3.8, 4) is 0 Å². The van der Waals surface area contributed by atoms with Crippen LogP contribution in [0.5, 0.6) is 0 Å². The molecule has 11 heteroatoms. The standard InChI is InChI=1S/C25H20BrF4NO3S2/c1-24(2,32)22-18-5-3-4-6-21(18)35-23(22)31(36(33,34)17-10-8-16(26)9-11-17)14-15-7-12-20(27)19(13-15)25(28,29)30/h3-13,32H,14H2,1-2H3. The Balaban J connectivity index is 1.97. The van der Waals surface area contributed by atoms with Gasteiger partial charge in [-0.1, -0.05) is 40.2 Å². The lowest BCUT2D eigenvalue weighted by atomic mass is 9.96. The first-order valence-corrected chi connectivity index (χ1v) is 13.6. The van der Waals surface area contributed by atoms with E-state index in [0.29, 0.717) is 32.3 Å². The van der Waals surface area contributed by atoms with Gasteiger partial charge in [-0.25, -0.2) is 12.8 Å². The second kappa shape index (κ2) is 9.44. The highest BCUT2D eigenvalue weighted by Gasteiger charge is 2.37. The Kier molecular flexibility index (Phi) is 6.97. The fourth-order valence-electron chi connectivity index (χ4n) is 3.85. The van der Waals surface area contributed by atoms with E-state index in [9.17, 15) is 31.1 Å². The topological polar surface area (TPSA) is 57.6 Å². The monoisotopic (exact) mass is 601 g/mol. The minimum atomic E-state index is -4.95. The highest BCUT2D eigenvalue weighted by atomic mass is 79.9. The van der Waals surface area contributed by atoms with Crippen LogP contribution < -0.4 is 4.31 Å². The maximum atomic E-state index is 13.9. The fraction of sp³-hybridized carbons (Fsp3) is 0.200. The van der Waals surface area contributed by atoms with Crippen LogP contribution in [-0.4, -0.2) is 13.5 Å². The first-order valence-electron chi connectivity index (χ1n) is 10.6. The predicted octanol–water partition coefficient (Wildman–Crippen LogP) is 7.44. The summed E-state index contributed by atoms with van der Waals surface area (Å²) >= 11 is 4.36. The Bertz CT molecular complexity index is 1530. The van der Waals surface area contributed by atoms with Gasteiger partial charge in [0.15, 0.2) is 0 Å². The zero-order valence-electron chi connectivity index (χ0n) is 19.0. The van der Waals surface area contributed by atoms with Crippen LogP contribution in [0, 0.1) is 5.82 Å². The number of nitrogens with zero attached hydrogens (tertiary/aromatic N) is 1. The third-order valence-corrected chi connectivity index (χ3v) is 9.08. The van der Waals surface area contributed by atoms with Crippen molar-refractivity contribution in [3.63, 3.8) is 0 Å². The molecule has 3 aromatic carbocycles. The smallest absolute Gasteiger partial charge is 0.386 e. The first kappa shape index (κ1) is 26.6. The minimum absolute atomic E-state index is 0.0661. The number of hydrogen-bond donors (Lipinski definition) is 1. The lowest BCUT2D eigenvalue weighted by Gasteiger charge is -2.28. The van der Waals surface area contributed by atoms with Gasteiger partial charge in [-0.2, -0.15) is 13.2 Å². The van der Waals surface area contributed by atoms with Crippen molar-refractivity contribution < 1.29 is 31.1 Å². The van der Waals surface area contributed by atoms with Gasteiger partial charge in [0, 0.05) is 20.1 Å². The molecule has 4 nitrogen and oxygen atoms in total. The number of hydrogen-bond acceptors (Lipinski definition) is 4. The molecule has 0 fully saturated rings. The van der Waals surface area contributed by atoms with Gasteiger partial charge in [0.05, 0.1) is 22.6 Å². The van der Waals surface area contributed by atoms with Crippen LogP contribution in [0.1, 0.15) is 30.5 Å². The zero-order chi connectivity index (χ0) is 26.5. The van der Waals surface area contributed by atoms with Gasteiger partial charge in [-0.05, 0) is 61.9 Å². The summed E-state index contributed by atoms with van der Waals surface area (Å²) in [6.07, 6.45) is -4.95. The van der Waals surface area contributed by atoms with Gasteiger partial charge < -0.3 is 5.11 Å². The molecule has 4 aromatic rings. The predicted molar refractivity (Wildman–Crippen MR) is 136 cm³/mol. The molecule has 4 rings (SSSR count). The van der Waals surface area contributed by atoms with Crippen molar-refractivity contribution in [2.45, 2.75) is 37.1 Å². The van der Waals surface area contributed by atoms with Gasteiger partial charge in [0.2, 0.25) is 0 Å². The summed E-state index contributed by atoms with van der Waals surface area (Å²) < 4.78 is 84.2. The van der Waals surface area contributed by atoms with E-state index in [1.165, 1.54) is 38.1 Å². The van der Waals surface area contributed by atoms with Crippen molar-refractivity contribution in [2.24, 2.45) is 0 Å². The van der Waals surface area contributed by atoms with Crippen LogP contribution in [0.4, 0.5) is 22.6 Å². The number of fused-ring (bicyclic) bond motifs is 1. The minimum Gasteiger partial charge on any atom is -0.386 e. The average molecular weight is 602 g/mol. The molecule has 0 aliphatic carbocycles. The van der Waals surface area contributed by atoms with E-state index < -0.39 is 39.7 Å². The molecule has 1 heterocycles. The molecule has 0 aliphatic heterocycles. The highest BCUT2D eigenvalue weighted by Crippen LogP contribution is 2.46. The molecule has 0 saturated heterocycles. The summed E-state index contributed by atoms with van der Waals surface area (Å²) in [5.74, 6) is -1.45. The summed E-state index contributed by atoms with van der Waals surface area (Å²) in [4.78, 5) is -0.0944. The lowest BCUT2D eigenvalue weighted by Crippen LogP contribution is -2.32. The van der Waals surface area contributed by atoms with E-state index in [4.69, 9.17) is 0 Å². The average Bonchev–Trinajstić information content (AvgIpc) is 3.17. The third kappa shape index (κ3) is 5.15. The maximum absolute atomic E-state index is 13.9. The van der Waals surface area contributed by atoms with E-state index in [1.807, 2.05) is 0 Å². The largest absolute Gasteiger partial charge is 0.419 e. The van der Waals surface area contributed by atoms with Gasteiger partial charge in [0.1, 0.15) is 10.8 Å². The van der Waals surface area contributed by atoms with E-state index in [2.05, 4.69) is 15.9 Å². The Morgan fingerprint density at radius 3 is 2.25 bits per heavy atom. The number of halogens is 5. The van der Waals surface area contributed by atoms with E-state index in [-0.39, 0.29) is 15.5 Å². The van der Waals surface area contributed by atoms with Gasteiger partial charge in [-0.15, -0.1) is 11.3 Å². The van der Waals surface area contributed by atoms with Crippen LogP contribution in [-0.2, 0) is 28.3 Å². The highest BCUT2D eigenvalue weighted by molar-refractivity contribution is 9.10. The normalized spacial score (nSPS) is 12.8. The summed E-state index contributed by atoms with van der Waals surface area (Å²) in [5, 5.41) is 11.8. The Hall–Kier alpha value is -2.47. The molecule has 36 heavy (non-hydrogen) atoms. The number of sulfonamides is 1. The number of thiophene rings is 1. The summed E-state index contributed by atoms with van der Waals surface area (Å²) in [6.45, 7) is 2.50. The van der Waals surface area contributed by atoms with Gasteiger partial charge >= 0.3 is 6.18 Å². The number of benzene rings is 3. The molecule has 0 spiro atoms. The maximum Gasteiger partial charge on any atom is 0.419 e. The van der Waals surface area contributed by atoms with Crippen molar-refractivity contribution in [3.05, 3.63) is 93.7 Å². The van der Waals surface area contributed by atoms with Crippen LogP contribution in [0.2, 0.25) is 0 Å². The zero-order valence-corrected chi connectivity index (χ0v) is 22.2. The second-order valence-electron chi connectivity index (χ2n) is 8.61. The molecule has 0 unspecified atom stereocenters. The summed E-state index contributed by atoms with van der Waals surface area (Å²) in [7, 11) is -4.32. The molecule has 0 amide bonds. The van der Waals surface area contributed by atoms with Crippen LogP contribution >= 0.6 is 27.3 Å². The summed E-state index contributed by atoms with van der Waals surface area (Å²) in [5.41, 5.74) is -2.71. The fourth-order valence-corrected chi connectivity index (χ4v) is 7.15. The number of alkyl halides is 3.